The highest BCUT2D eigenvalue weighted by atomic mass is 15.2. The minimum atomic E-state index is 0.336. The molecule has 2 rings (SSSR count). The van der Waals surface area contributed by atoms with Crippen molar-refractivity contribution in [3.8, 4) is 0 Å². The van der Waals surface area contributed by atoms with Crippen LogP contribution >= 0.6 is 0 Å². The summed E-state index contributed by atoms with van der Waals surface area (Å²) >= 11 is 0. The number of hydrogen-bond acceptors (Lipinski definition) is 2. The molecule has 1 aromatic heterocycles. The third-order valence-corrected chi connectivity index (χ3v) is 3.66. The zero-order chi connectivity index (χ0) is 10.0. The van der Waals surface area contributed by atoms with Crippen molar-refractivity contribution in [1.82, 2.24) is 10.2 Å². The molecule has 3 nitrogen and oxygen atoms in total. The van der Waals surface area contributed by atoms with Gasteiger partial charge in [-0.05, 0) is 19.3 Å². The number of aromatic nitrogens is 2. The SMILES string of the molecule is CCC1(c2cc(N)n[nH]2)CCCCC1. The molecule has 0 spiro atoms. The van der Waals surface area contributed by atoms with Crippen molar-refractivity contribution in [3.63, 3.8) is 0 Å². The van der Waals surface area contributed by atoms with E-state index in [1.807, 2.05) is 6.07 Å². The van der Waals surface area contributed by atoms with Crippen LogP contribution in [0.5, 0.6) is 0 Å². The summed E-state index contributed by atoms with van der Waals surface area (Å²) in [5, 5.41) is 7.13. The quantitative estimate of drug-likeness (QED) is 0.758. The predicted octanol–water partition coefficient (Wildman–Crippen LogP) is 2.60. The van der Waals surface area contributed by atoms with E-state index in [-0.39, 0.29) is 0 Å². The molecule has 1 aromatic rings. The molecule has 0 bridgehead atoms. The van der Waals surface area contributed by atoms with Gasteiger partial charge >= 0.3 is 0 Å². The van der Waals surface area contributed by atoms with Gasteiger partial charge in [0.25, 0.3) is 0 Å². The van der Waals surface area contributed by atoms with Crippen LogP contribution in [-0.4, -0.2) is 10.2 Å². The maximum atomic E-state index is 5.66. The van der Waals surface area contributed by atoms with E-state index in [1.54, 1.807) is 0 Å². The molecule has 0 aliphatic heterocycles. The summed E-state index contributed by atoms with van der Waals surface area (Å²) in [6.07, 6.45) is 7.82. The maximum absolute atomic E-state index is 5.66. The number of nitrogens with two attached hydrogens (primary N) is 1. The molecule has 1 aliphatic rings. The van der Waals surface area contributed by atoms with E-state index in [2.05, 4.69) is 17.1 Å². The third-order valence-electron chi connectivity index (χ3n) is 3.66. The van der Waals surface area contributed by atoms with Gasteiger partial charge in [-0.2, -0.15) is 5.10 Å². The van der Waals surface area contributed by atoms with Gasteiger partial charge in [-0.15, -0.1) is 0 Å². The average Bonchev–Trinajstić information content (AvgIpc) is 2.66. The van der Waals surface area contributed by atoms with Crippen molar-refractivity contribution < 1.29 is 0 Å². The van der Waals surface area contributed by atoms with Crippen LogP contribution in [0.1, 0.15) is 51.1 Å². The molecule has 78 valence electrons. The van der Waals surface area contributed by atoms with Gasteiger partial charge in [0.1, 0.15) is 5.82 Å². The largest absolute Gasteiger partial charge is 0.382 e. The minimum Gasteiger partial charge on any atom is -0.382 e. The number of nitrogens with zero attached hydrogens (tertiary/aromatic N) is 1. The topological polar surface area (TPSA) is 54.7 Å². The first-order chi connectivity index (χ1) is 6.77. The fraction of sp³-hybridized carbons (Fsp3) is 0.727. The van der Waals surface area contributed by atoms with Gasteiger partial charge in [0, 0.05) is 17.2 Å². The highest BCUT2D eigenvalue weighted by molar-refractivity contribution is 5.32. The van der Waals surface area contributed by atoms with Gasteiger partial charge in [0.15, 0.2) is 0 Å². The minimum absolute atomic E-state index is 0.336. The molecule has 1 saturated carbocycles. The van der Waals surface area contributed by atoms with Crippen LogP contribution < -0.4 is 5.73 Å². The number of rotatable bonds is 2. The summed E-state index contributed by atoms with van der Waals surface area (Å²) in [6, 6.07) is 2.01. The van der Waals surface area contributed by atoms with E-state index in [1.165, 1.54) is 44.2 Å². The lowest BCUT2D eigenvalue weighted by Gasteiger charge is -2.35. The summed E-state index contributed by atoms with van der Waals surface area (Å²) in [4.78, 5) is 0. The van der Waals surface area contributed by atoms with Crippen molar-refractivity contribution in [1.29, 1.82) is 0 Å². The van der Waals surface area contributed by atoms with E-state index < -0.39 is 0 Å². The van der Waals surface area contributed by atoms with Crippen LogP contribution in [0.2, 0.25) is 0 Å². The number of nitrogens with one attached hydrogen (secondary N) is 1. The molecule has 14 heavy (non-hydrogen) atoms. The monoisotopic (exact) mass is 193 g/mol. The molecule has 3 heteroatoms. The smallest absolute Gasteiger partial charge is 0.145 e. The first-order valence-electron chi connectivity index (χ1n) is 5.58. The number of H-pyrrole nitrogens is 1. The number of anilines is 1. The Morgan fingerprint density at radius 1 is 1.43 bits per heavy atom. The zero-order valence-electron chi connectivity index (χ0n) is 8.84. The van der Waals surface area contributed by atoms with Gasteiger partial charge in [-0.1, -0.05) is 26.2 Å². The van der Waals surface area contributed by atoms with E-state index in [0.717, 1.165) is 0 Å². The van der Waals surface area contributed by atoms with Crippen molar-refractivity contribution in [2.75, 3.05) is 5.73 Å². The molecule has 1 fully saturated rings. The van der Waals surface area contributed by atoms with Gasteiger partial charge < -0.3 is 5.73 Å². The van der Waals surface area contributed by atoms with Crippen LogP contribution in [0.15, 0.2) is 6.07 Å². The molecular formula is C11H19N3. The Morgan fingerprint density at radius 2 is 2.14 bits per heavy atom. The van der Waals surface area contributed by atoms with Crippen LogP contribution in [0.25, 0.3) is 0 Å². The number of nitrogen functional groups attached to an aromatic ring is 1. The lowest BCUT2D eigenvalue weighted by atomic mass is 9.70. The van der Waals surface area contributed by atoms with Gasteiger partial charge in [-0.3, -0.25) is 5.10 Å². The molecule has 1 heterocycles. The Kier molecular flexibility index (Phi) is 2.48. The fourth-order valence-corrected chi connectivity index (χ4v) is 2.65. The van der Waals surface area contributed by atoms with E-state index >= 15 is 0 Å². The lowest BCUT2D eigenvalue weighted by molar-refractivity contribution is 0.276. The van der Waals surface area contributed by atoms with Crippen LogP contribution in [0.3, 0.4) is 0 Å². The highest BCUT2D eigenvalue weighted by Crippen LogP contribution is 2.41. The predicted molar refractivity (Wildman–Crippen MR) is 58.1 cm³/mol. The normalized spacial score (nSPS) is 20.9. The Morgan fingerprint density at radius 3 is 2.64 bits per heavy atom. The maximum Gasteiger partial charge on any atom is 0.145 e. The van der Waals surface area contributed by atoms with Crippen LogP contribution in [0, 0.1) is 0 Å². The summed E-state index contributed by atoms with van der Waals surface area (Å²) in [7, 11) is 0. The Hall–Kier alpha value is -0.990. The van der Waals surface area contributed by atoms with Crippen LogP contribution in [0.4, 0.5) is 5.82 Å². The first kappa shape index (κ1) is 9.56. The molecule has 3 N–H and O–H groups in total. The van der Waals surface area contributed by atoms with Crippen molar-refractivity contribution in [2.45, 2.75) is 50.9 Å². The molecular weight excluding hydrogens is 174 g/mol. The second kappa shape index (κ2) is 3.64. The number of aromatic amines is 1. The second-order valence-corrected chi connectivity index (χ2v) is 4.40. The van der Waals surface area contributed by atoms with E-state index in [9.17, 15) is 0 Å². The van der Waals surface area contributed by atoms with Gasteiger partial charge in [0.05, 0.1) is 0 Å². The molecule has 1 aliphatic carbocycles. The fourth-order valence-electron chi connectivity index (χ4n) is 2.65. The van der Waals surface area contributed by atoms with Crippen molar-refractivity contribution in [3.05, 3.63) is 11.8 Å². The summed E-state index contributed by atoms with van der Waals surface area (Å²) in [5.41, 5.74) is 7.24. The van der Waals surface area contributed by atoms with Crippen molar-refractivity contribution in [2.24, 2.45) is 0 Å². The average molecular weight is 193 g/mol. The third kappa shape index (κ3) is 1.51. The van der Waals surface area contributed by atoms with Crippen LogP contribution in [-0.2, 0) is 5.41 Å². The Labute approximate surface area is 85.1 Å². The number of hydrogen-bond donors (Lipinski definition) is 2. The summed E-state index contributed by atoms with van der Waals surface area (Å²) in [5.74, 6) is 0.624. The second-order valence-electron chi connectivity index (χ2n) is 4.40. The van der Waals surface area contributed by atoms with Gasteiger partial charge in [-0.25, -0.2) is 0 Å². The standard InChI is InChI=1S/C11H19N3/c1-2-11(6-4-3-5-7-11)9-8-10(12)14-13-9/h8H,2-7H2,1H3,(H3,12,13,14). The molecule has 0 atom stereocenters. The first-order valence-corrected chi connectivity index (χ1v) is 5.58. The zero-order valence-corrected chi connectivity index (χ0v) is 8.84. The Bertz CT molecular complexity index is 297. The molecule has 0 saturated heterocycles. The lowest BCUT2D eigenvalue weighted by Crippen LogP contribution is -2.28. The van der Waals surface area contributed by atoms with E-state index in [0.29, 0.717) is 11.2 Å². The van der Waals surface area contributed by atoms with Gasteiger partial charge in [0.2, 0.25) is 0 Å². The molecule has 0 aromatic carbocycles. The summed E-state index contributed by atoms with van der Waals surface area (Å²) < 4.78 is 0. The molecule has 0 amide bonds. The van der Waals surface area contributed by atoms with E-state index in [4.69, 9.17) is 5.73 Å². The van der Waals surface area contributed by atoms with Crippen molar-refractivity contribution >= 4 is 5.82 Å². The molecule has 0 unspecified atom stereocenters. The Balaban J connectivity index is 2.26. The molecule has 0 radical (unpaired) electrons. The highest BCUT2D eigenvalue weighted by Gasteiger charge is 2.33. The summed E-state index contributed by atoms with van der Waals surface area (Å²) in [6.45, 7) is 2.27.